The van der Waals surface area contributed by atoms with Gasteiger partial charge in [0.2, 0.25) is 0 Å². The molecule has 3 aliphatic heterocycles. The van der Waals surface area contributed by atoms with E-state index in [9.17, 15) is 4.79 Å². The first-order valence-electron chi connectivity index (χ1n) is 8.38. The van der Waals surface area contributed by atoms with Crippen molar-refractivity contribution in [2.75, 3.05) is 13.1 Å². The van der Waals surface area contributed by atoms with Gasteiger partial charge in [0.25, 0.3) is 5.91 Å². The molecular formula is C18H20ClN3O2. The minimum Gasteiger partial charge on any atom is -0.449 e. The van der Waals surface area contributed by atoms with E-state index in [0.29, 0.717) is 34.2 Å². The van der Waals surface area contributed by atoms with Gasteiger partial charge in [0.15, 0.2) is 11.5 Å². The first kappa shape index (κ1) is 15.7. The third-order valence-electron chi connectivity index (χ3n) is 5.28. The molecule has 5 rings (SSSR count). The Labute approximate surface area is 146 Å². The lowest BCUT2D eigenvalue weighted by molar-refractivity contribution is 0.0211. The zero-order valence-electron chi connectivity index (χ0n) is 13.5. The first-order valence-corrected chi connectivity index (χ1v) is 8.76. The maximum Gasteiger partial charge on any atom is 0.287 e. The van der Waals surface area contributed by atoms with E-state index in [1.165, 1.54) is 0 Å². The number of carbonyl (C=O) groups excluding carboxylic acids is 1. The summed E-state index contributed by atoms with van der Waals surface area (Å²) in [6, 6.07) is 7.45. The third kappa shape index (κ3) is 2.82. The van der Waals surface area contributed by atoms with Crippen molar-refractivity contribution in [1.82, 2.24) is 15.2 Å². The van der Waals surface area contributed by atoms with Gasteiger partial charge in [-0.05, 0) is 63.0 Å². The van der Waals surface area contributed by atoms with Crippen molar-refractivity contribution < 1.29 is 9.21 Å². The van der Waals surface area contributed by atoms with Crippen LogP contribution in [0.1, 0.15) is 30.3 Å². The van der Waals surface area contributed by atoms with E-state index in [2.05, 4.69) is 22.1 Å². The van der Waals surface area contributed by atoms with Gasteiger partial charge >= 0.3 is 0 Å². The van der Waals surface area contributed by atoms with Crippen LogP contribution in [0.4, 0.5) is 0 Å². The lowest BCUT2D eigenvalue weighted by atomic mass is 9.79. The quantitative estimate of drug-likeness (QED) is 0.928. The molecule has 3 fully saturated rings. The van der Waals surface area contributed by atoms with E-state index >= 15 is 0 Å². The summed E-state index contributed by atoms with van der Waals surface area (Å²) in [4.78, 5) is 19.3. The van der Waals surface area contributed by atoms with Crippen LogP contribution in [0, 0.1) is 5.92 Å². The number of nitrogens with zero attached hydrogens (tertiary/aromatic N) is 2. The molecule has 0 unspecified atom stereocenters. The summed E-state index contributed by atoms with van der Waals surface area (Å²) in [7, 11) is 0. The maximum absolute atomic E-state index is 12.6. The molecule has 6 heteroatoms. The molecule has 0 aromatic carbocycles. The average Bonchev–Trinajstić information content (AvgIpc) is 3.09. The highest BCUT2D eigenvalue weighted by atomic mass is 35.5. The Morgan fingerprint density at radius 3 is 2.83 bits per heavy atom. The molecule has 5 nitrogen and oxygen atoms in total. The molecule has 3 saturated heterocycles. The average molecular weight is 346 g/mol. The van der Waals surface area contributed by atoms with Crippen molar-refractivity contribution in [3.8, 4) is 11.5 Å². The van der Waals surface area contributed by atoms with Crippen molar-refractivity contribution in [2.24, 2.45) is 5.92 Å². The van der Waals surface area contributed by atoms with Crippen LogP contribution in [-0.2, 0) is 0 Å². The van der Waals surface area contributed by atoms with Crippen LogP contribution in [0.5, 0.6) is 0 Å². The zero-order chi connectivity index (χ0) is 16.7. The van der Waals surface area contributed by atoms with Gasteiger partial charge < -0.3 is 9.73 Å². The Kier molecular flexibility index (Phi) is 4.06. The molecule has 3 aliphatic rings. The van der Waals surface area contributed by atoms with Crippen LogP contribution in [0.2, 0.25) is 5.02 Å². The van der Waals surface area contributed by atoms with Gasteiger partial charge in [0.05, 0.1) is 0 Å². The molecule has 126 valence electrons. The molecule has 1 amide bonds. The molecule has 2 aromatic heterocycles. The fourth-order valence-electron chi connectivity index (χ4n) is 3.90. The topological polar surface area (TPSA) is 58.4 Å². The zero-order valence-corrected chi connectivity index (χ0v) is 14.3. The number of aromatic nitrogens is 1. The SMILES string of the molecule is C[C@H]1[C@H](NC(=O)c2ccc(-c3cc(Cl)ccn3)o2)C2CCN1CC2. The number of amides is 1. The van der Waals surface area contributed by atoms with Crippen LogP contribution >= 0.6 is 11.6 Å². The molecule has 2 bridgehead atoms. The summed E-state index contributed by atoms with van der Waals surface area (Å²) >= 11 is 5.98. The van der Waals surface area contributed by atoms with E-state index in [-0.39, 0.29) is 11.9 Å². The number of rotatable bonds is 3. The number of pyridine rings is 1. The highest BCUT2D eigenvalue weighted by Crippen LogP contribution is 2.32. The van der Waals surface area contributed by atoms with E-state index in [0.717, 1.165) is 25.9 Å². The predicted octanol–water partition coefficient (Wildman–Crippen LogP) is 3.21. The molecule has 1 N–H and O–H groups in total. The molecule has 0 radical (unpaired) electrons. The van der Waals surface area contributed by atoms with Crippen LogP contribution in [0.3, 0.4) is 0 Å². The Morgan fingerprint density at radius 1 is 1.33 bits per heavy atom. The summed E-state index contributed by atoms with van der Waals surface area (Å²) in [6.45, 7) is 4.48. The lowest BCUT2D eigenvalue weighted by Gasteiger charge is -2.49. The molecular weight excluding hydrogens is 326 g/mol. The minimum absolute atomic E-state index is 0.158. The summed E-state index contributed by atoms with van der Waals surface area (Å²) in [5.74, 6) is 1.27. The molecule has 2 aromatic rings. The van der Waals surface area contributed by atoms with Gasteiger partial charge in [-0.1, -0.05) is 11.6 Å². The van der Waals surface area contributed by atoms with Crippen molar-refractivity contribution in [1.29, 1.82) is 0 Å². The molecule has 0 saturated carbocycles. The van der Waals surface area contributed by atoms with E-state index < -0.39 is 0 Å². The number of hydrogen-bond donors (Lipinski definition) is 1. The van der Waals surface area contributed by atoms with Crippen LogP contribution < -0.4 is 5.32 Å². The fourth-order valence-corrected chi connectivity index (χ4v) is 4.06. The summed E-state index contributed by atoms with van der Waals surface area (Å²) in [6.07, 6.45) is 3.94. The van der Waals surface area contributed by atoms with Crippen LogP contribution in [0.15, 0.2) is 34.9 Å². The second-order valence-corrected chi connectivity index (χ2v) is 7.07. The van der Waals surface area contributed by atoms with E-state index in [4.69, 9.17) is 16.0 Å². The highest BCUT2D eigenvalue weighted by molar-refractivity contribution is 6.30. The number of piperidine rings is 3. The van der Waals surface area contributed by atoms with Crippen molar-refractivity contribution in [3.05, 3.63) is 41.2 Å². The van der Waals surface area contributed by atoms with Gasteiger partial charge in [-0.25, -0.2) is 0 Å². The maximum atomic E-state index is 12.6. The van der Waals surface area contributed by atoms with Crippen molar-refractivity contribution in [3.63, 3.8) is 0 Å². The van der Waals surface area contributed by atoms with E-state index in [1.54, 1.807) is 30.5 Å². The normalized spacial score (nSPS) is 28.8. The summed E-state index contributed by atoms with van der Waals surface area (Å²) in [5.41, 5.74) is 0.623. The monoisotopic (exact) mass is 345 g/mol. The predicted molar refractivity (Wildman–Crippen MR) is 92.0 cm³/mol. The Morgan fingerprint density at radius 2 is 2.12 bits per heavy atom. The fraction of sp³-hybridized carbons (Fsp3) is 0.444. The number of carbonyl (C=O) groups is 1. The number of furan rings is 1. The van der Waals surface area contributed by atoms with Gasteiger partial charge in [-0.15, -0.1) is 0 Å². The standard InChI is InChI=1S/C18H20ClN3O2/c1-11-17(12-5-8-22(11)9-6-12)21-18(23)16-3-2-15(24-16)14-10-13(19)4-7-20-14/h2-4,7,10-12,17H,5-6,8-9H2,1H3,(H,21,23)/t11-,17-/m0/s1. The number of hydrogen-bond acceptors (Lipinski definition) is 4. The highest BCUT2D eigenvalue weighted by Gasteiger charge is 2.40. The number of halogens is 1. The minimum atomic E-state index is -0.158. The number of nitrogens with one attached hydrogen (secondary N) is 1. The molecule has 2 atom stereocenters. The van der Waals surface area contributed by atoms with Gasteiger partial charge in [0, 0.05) is 23.3 Å². The second kappa shape index (κ2) is 6.22. The first-order chi connectivity index (χ1) is 11.6. The Balaban J connectivity index is 1.49. The molecule has 24 heavy (non-hydrogen) atoms. The van der Waals surface area contributed by atoms with Crippen LogP contribution in [0.25, 0.3) is 11.5 Å². The third-order valence-corrected chi connectivity index (χ3v) is 5.51. The van der Waals surface area contributed by atoms with Crippen molar-refractivity contribution in [2.45, 2.75) is 31.8 Å². The van der Waals surface area contributed by atoms with Gasteiger partial charge in [-0.3, -0.25) is 14.7 Å². The largest absolute Gasteiger partial charge is 0.449 e. The number of fused-ring (bicyclic) bond motifs is 3. The Hall–Kier alpha value is -1.85. The lowest BCUT2D eigenvalue weighted by Crippen LogP contribution is -2.62. The smallest absolute Gasteiger partial charge is 0.287 e. The molecule has 0 spiro atoms. The second-order valence-electron chi connectivity index (χ2n) is 6.64. The van der Waals surface area contributed by atoms with Crippen LogP contribution in [-0.4, -0.2) is 41.0 Å². The van der Waals surface area contributed by atoms with E-state index in [1.807, 2.05) is 0 Å². The van der Waals surface area contributed by atoms with Crippen molar-refractivity contribution >= 4 is 17.5 Å². The Bertz CT molecular complexity index is 750. The molecule has 0 aliphatic carbocycles. The van der Waals surface area contributed by atoms with Gasteiger partial charge in [0.1, 0.15) is 5.69 Å². The summed E-state index contributed by atoms with van der Waals surface area (Å²) < 4.78 is 5.70. The van der Waals surface area contributed by atoms with Gasteiger partial charge in [-0.2, -0.15) is 0 Å². The summed E-state index contributed by atoms with van der Waals surface area (Å²) in [5, 5.41) is 3.76. The molecule has 5 heterocycles.